The van der Waals surface area contributed by atoms with Crippen molar-refractivity contribution in [2.45, 2.75) is 31.5 Å². The minimum absolute atomic E-state index is 0.500. The highest BCUT2D eigenvalue weighted by molar-refractivity contribution is 5.27. The molecule has 3 nitrogen and oxygen atoms in total. The van der Waals surface area contributed by atoms with Crippen LogP contribution in [0.15, 0.2) is 24.3 Å². The monoisotopic (exact) mass is 247 g/mol. The first-order valence-electron chi connectivity index (χ1n) is 6.84. The lowest BCUT2D eigenvalue weighted by Crippen LogP contribution is -2.43. The number of hydrogen-bond donors (Lipinski definition) is 0. The van der Waals surface area contributed by atoms with Crippen molar-refractivity contribution in [3.05, 3.63) is 29.8 Å². The maximum absolute atomic E-state index is 5.85. The third-order valence-electron chi connectivity index (χ3n) is 3.99. The Morgan fingerprint density at radius 1 is 1.17 bits per heavy atom. The highest BCUT2D eigenvalue weighted by Crippen LogP contribution is 2.26. The second kappa shape index (κ2) is 5.29. The van der Waals surface area contributed by atoms with E-state index in [0.29, 0.717) is 12.2 Å². The smallest absolute Gasteiger partial charge is 0.118 e. The normalized spacial score (nSPS) is 27.4. The zero-order valence-corrected chi connectivity index (χ0v) is 11.0. The van der Waals surface area contributed by atoms with Gasteiger partial charge in [0.05, 0.1) is 19.3 Å². The van der Waals surface area contributed by atoms with E-state index >= 15 is 0 Å². The van der Waals surface area contributed by atoms with E-state index in [1.807, 2.05) is 12.1 Å². The Kier molecular flexibility index (Phi) is 3.52. The summed E-state index contributed by atoms with van der Waals surface area (Å²) in [6.07, 6.45) is 4.62. The minimum Gasteiger partial charge on any atom is -0.497 e. The van der Waals surface area contributed by atoms with E-state index in [1.165, 1.54) is 18.4 Å². The molecule has 0 saturated carbocycles. The van der Waals surface area contributed by atoms with Crippen molar-refractivity contribution >= 4 is 0 Å². The van der Waals surface area contributed by atoms with Gasteiger partial charge in [0, 0.05) is 19.6 Å². The Balaban J connectivity index is 1.51. The predicted molar refractivity (Wildman–Crippen MR) is 71.0 cm³/mol. The molecule has 3 rings (SSSR count). The molecule has 0 amide bonds. The Morgan fingerprint density at radius 2 is 1.83 bits per heavy atom. The zero-order valence-electron chi connectivity index (χ0n) is 11.0. The molecule has 18 heavy (non-hydrogen) atoms. The lowest BCUT2D eigenvalue weighted by molar-refractivity contribution is -0.0377. The summed E-state index contributed by atoms with van der Waals surface area (Å²) in [4.78, 5) is 2.55. The molecular weight excluding hydrogens is 226 g/mol. The first kappa shape index (κ1) is 12.0. The third kappa shape index (κ3) is 2.68. The maximum atomic E-state index is 5.85. The van der Waals surface area contributed by atoms with E-state index in [9.17, 15) is 0 Å². The van der Waals surface area contributed by atoms with Crippen LogP contribution in [-0.2, 0) is 11.2 Å². The average molecular weight is 247 g/mol. The quantitative estimate of drug-likeness (QED) is 0.813. The first-order chi connectivity index (χ1) is 8.83. The van der Waals surface area contributed by atoms with Crippen molar-refractivity contribution in [2.24, 2.45) is 0 Å². The molecule has 2 saturated heterocycles. The van der Waals surface area contributed by atoms with Crippen molar-refractivity contribution < 1.29 is 9.47 Å². The minimum atomic E-state index is 0.500. The van der Waals surface area contributed by atoms with Gasteiger partial charge in [0.1, 0.15) is 5.75 Å². The summed E-state index contributed by atoms with van der Waals surface area (Å²) < 4.78 is 11.0. The molecule has 0 aromatic heterocycles. The van der Waals surface area contributed by atoms with Crippen molar-refractivity contribution in [1.29, 1.82) is 0 Å². The van der Waals surface area contributed by atoms with Crippen LogP contribution in [0.25, 0.3) is 0 Å². The molecule has 2 unspecified atom stereocenters. The lowest BCUT2D eigenvalue weighted by Gasteiger charge is -2.32. The van der Waals surface area contributed by atoms with E-state index in [4.69, 9.17) is 9.47 Å². The number of fused-ring (bicyclic) bond motifs is 2. The van der Waals surface area contributed by atoms with Crippen molar-refractivity contribution in [2.75, 3.05) is 26.7 Å². The Hall–Kier alpha value is -1.06. The second-order valence-electron chi connectivity index (χ2n) is 5.32. The molecule has 1 aromatic carbocycles. The molecule has 2 heterocycles. The molecule has 0 spiro atoms. The zero-order chi connectivity index (χ0) is 12.4. The fourth-order valence-corrected chi connectivity index (χ4v) is 2.96. The van der Waals surface area contributed by atoms with Gasteiger partial charge >= 0.3 is 0 Å². The summed E-state index contributed by atoms with van der Waals surface area (Å²) in [6.45, 7) is 3.38. The molecule has 2 aliphatic heterocycles. The van der Waals surface area contributed by atoms with E-state index in [0.717, 1.165) is 31.8 Å². The summed E-state index contributed by atoms with van der Waals surface area (Å²) in [5.74, 6) is 0.933. The maximum Gasteiger partial charge on any atom is 0.118 e. The van der Waals surface area contributed by atoms with Crippen molar-refractivity contribution in [3.63, 3.8) is 0 Å². The van der Waals surface area contributed by atoms with Gasteiger partial charge in [0.25, 0.3) is 0 Å². The fourth-order valence-electron chi connectivity index (χ4n) is 2.96. The molecular formula is C15H21NO2. The number of ether oxygens (including phenoxy) is 2. The van der Waals surface area contributed by atoms with E-state index < -0.39 is 0 Å². The molecule has 98 valence electrons. The summed E-state index contributed by atoms with van der Waals surface area (Å²) in [5, 5.41) is 0. The van der Waals surface area contributed by atoms with Crippen LogP contribution in [0, 0.1) is 0 Å². The van der Waals surface area contributed by atoms with Crippen LogP contribution in [0.1, 0.15) is 18.4 Å². The lowest BCUT2D eigenvalue weighted by atomic mass is 10.1. The molecule has 0 N–H and O–H groups in total. The van der Waals surface area contributed by atoms with Gasteiger partial charge in [-0.2, -0.15) is 0 Å². The second-order valence-corrected chi connectivity index (χ2v) is 5.32. The van der Waals surface area contributed by atoms with Gasteiger partial charge in [-0.1, -0.05) is 12.1 Å². The van der Waals surface area contributed by atoms with Crippen LogP contribution in [0.4, 0.5) is 0 Å². The van der Waals surface area contributed by atoms with Crippen LogP contribution in [0.2, 0.25) is 0 Å². The number of rotatable bonds is 4. The van der Waals surface area contributed by atoms with Gasteiger partial charge in [-0.3, -0.25) is 4.90 Å². The van der Waals surface area contributed by atoms with Crippen LogP contribution >= 0.6 is 0 Å². The van der Waals surface area contributed by atoms with Gasteiger partial charge in [0.2, 0.25) is 0 Å². The molecule has 1 aromatic rings. The van der Waals surface area contributed by atoms with Crippen LogP contribution < -0.4 is 4.74 Å². The topological polar surface area (TPSA) is 21.7 Å². The van der Waals surface area contributed by atoms with E-state index in [-0.39, 0.29) is 0 Å². The highest BCUT2D eigenvalue weighted by atomic mass is 16.5. The largest absolute Gasteiger partial charge is 0.497 e. The Morgan fingerprint density at radius 3 is 2.44 bits per heavy atom. The summed E-state index contributed by atoms with van der Waals surface area (Å²) in [5.41, 5.74) is 1.38. The van der Waals surface area contributed by atoms with Crippen LogP contribution in [0.5, 0.6) is 5.75 Å². The number of hydrogen-bond acceptors (Lipinski definition) is 3. The van der Waals surface area contributed by atoms with E-state index in [1.54, 1.807) is 7.11 Å². The number of nitrogens with zero attached hydrogens (tertiary/aromatic N) is 1. The summed E-state index contributed by atoms with van der Waals surface area (Å²) >= 11 is 0. The molecule has 3 heteroatoms. The van der Waals surface area contributed by atoms with Crippen LogP contribution in [-0.4, -0.2) is 43.9 Å². The Labute approximate surface area is 109 Å². The van der Waals surface area contributed by atoms with Gasteiger partial charge in [-0.25, -0.2) is 0 Å². The number of morpholine rings is 1. The number of benzene rings is 1. The fraction of sp³-hybridized carbons (Fsp3) is 0.600. The van der Waals surface area contributed by atoms with E-state index in [2.05, 4.69) is 17.0 Å². The molecule has 0 radical (unpaired) electrons. The van der Waals surface area contributed by atoms with Crippen molar-refractivity contribution in [1.82, 2.24) is 4.90 Å². The first-order valence-corrected chi connectivity index (χ1v) is 6.84. The van der Waals surface area contributed by atoms with Gasteiger partial charge in [-0.15, -0.1) is 0 Å². The standard InChI is InChI=1S/C15H21NO2/c1-17-13-4-2-12(3-5-13)8-9-16-10-14-6-7-15(11-16)18-14/h2-5,14-15H,6-11H2,1H3. The highest BCUT2D eigenvalue weighted by Gasteiger charge is 2.33. The van der Waals surface area contributed by atoms with Crippen LogP contribution in [0.3, 0.4) is 0 Å². The predicted octanol–water partition coefficient (Wildman–Crippen LogP) is 2.10. The molecule has 2 atom stereocenters. The summed E-state index contributed by atoms with van der Waals surface area (Å²) in [7, 11) is 1.71. The number of methoxy groups -OCH3 is 1. The number of likely N-dealkylation sites (tertiary alicyclic amines) is 1. The molecule has 2 fully saturated rings. The molecule has 2 aliphatic rings. The summed E-state index contributed by atoms with van der Waals surface area (Å²) in [6, 6.07) is 8.40. The average Bonchev–Trinajstić information content (AvgIpc) is 2.76. The van der Waals surface area contributed by atoms with Gasteiger partial charge in [0.15, 0.2) is 0 Å². The Bertz CT molecular complexity index is 378. The SMILES string of the molecule is COc1ccc(CCN2CC3CCC(C2)O3)cc1. The van der Waals surface area contributed by atoms with Gasteiger partial charge < -0.3 is 9.47 Å². The van der Waals surface area contributed by atoms with Crippen molar-refractivity contribution in [3.8, 4) is 5.75 Å². The van der Waals surface area contributed by atoms with Gasteiger partial charge in [-0.05, 0) is 37.0 Å². The molecule has 2 bridgehead atoms. The molecule has 0 aliphatic carbocycles. The third-order valence-corrected chi connectivity index (χ3v) is 3.99.